The third-order valence-electron chi connectivity index (χ3n) is 3.31. The van der Waals surface area contributed by atoms with Crippen molar-refractivity contribution >= 4 is 12.2 Å². The van der Waals surface area contributed by atoms with Gasteiger partial charge >= 0.3 is 12.2 Å². The third kappa shape index (κ3) is 11.1. The number of rotatable bonds is 8. The molecule has 0 aromatic rings. The Hall–Kier alpha value is -2.15. The Bertz CT molecular complexity index is 490. The molecule has 9 heteroatoms. The summed E-state index contributed by atoms with van der Waals surface area (Å²) in [4.78, 5) is 27.2. The van der Waals surface area contributed by atoms with Crippen molar-refractivity contribution in [2.75, 3.05) is 13.1 Å². The minimum Gasteiger partial charge on any atom is -0.465 e. The quantitative estimate of drug-likeness (QED) is 0.293. The fourth-order valence-corrected chi connectivity index (χ4v) is 2.20. The van der Waals surface area contributed by atoms with Crippen molar-refractivity contribution in [2.45, 2.75) is 78.0 Å². The van der Waals surface area contributed by atoms with E-state index in [1.165, 1.54) is 4.90 Å². The molecule has 0 bridgehead atoms. The highest BCUT2D eigenvalue weighted by molar-refractivity contribution is 5.68. The second kappa shape index (κ2) is 9.98. The number of carboxylic acid groups (broad SMARTS) is 1. The number of ether oxygens (including phenoxy) is 1. The summed E-state index contributed by atoms with van der Waals surface area (Å²) in [5.41, 5.74) is 7.40. The van der Waals surface area contributed by atoms with E-state index in [2.05, 4.69) is 15.3 Å². The molecule has 0 radical (unpaired) electrons. The zero-order valence-corrected chi connectivity index (χ0v) is 16.1. The van der Waals surface area contributed by atoms with Gasteiger partial charge in [0.25, 0.3) is 0 Å². The number of unbranched alkanes of at least 4 members (excludes halogenated alkanes) is 1. The summed E-state index contributed by atoms with van der Waals surface area (Å²) < 4.78 is 5.20. The molecule has 0 heterocycles. The van der Waals surface area contributed by atoms with E-state index in [0.29, 0.717) is 25.8 Å². The van der Waals surface area contributed by atoms with Gasteiger partial charge in [-0.25, -0.2) is 9.59 Å². The van der Waals surface area contributed by atoms with E-state index in [-0.39, 0.29) is 12.6 Å². The van der Waals surface area contributed by atoms with Crippen LogP contribution >= 0.6 is 0 Å². The molecule has 0 aliphatic carbocycles. The molecular weight excluding hydrogens is 326 g/mol. The summed E-state index contributed by atoms with van der Waals surface area (Å²) in [5, 5.41) is 15.5. The van der Waals surface area contributed by atoms with Crippen LogP contribution in [0, 0.1) is 0 Å². The Labute approximate surface area is 149 Å². The number of carbonyl (C=O) groups is 2. The standard InChI is InChI=1S/C16H31N5O4/c1-15(2,3)21(14(23)24)10-8-7-9-12(11-18-20-17)19-13(22)25-16(4,5)6/h12H,7-11H2,1-6H3,(H,19,22)(H,23,24)/t12-/m0/s1. The lowest BCUT2D eigenvalue weighted by atomic mass is 10.0. The summed E-state index contributed by atoms with van der Waals surface area (Å²) >= 11 is 0. The molecule has 144 valence electrons. The van der Waals surface area contributed by atoms with Crippen molar-refractivity contribution < 1.29 is 19.4 Å². The Morgan fingerprint density at radius 2 is 1.84 bits per heavy atom. The minimum atomic E-state index is -0.954. The molecule has 0 rings (SSSR count). The van der Waals surface area contributed by atoms with Gasteiger partial charge in [-0.2, -0.15) is 0 Å². The average Bonchev–Trinajstić information content (AvgIpc) is 2.39. The molecule has 0 aliphatic heterocycles. The first kappa shape index (κ1) is 22.9. The monoisotopic (exact) mass is 357 g/mol. The third-order valence-corrected chi connectivity index (χ3v) is 3.31. The molecule has 0 aromatic heterocycles. The van der Waals surface area contributed by atoms with Gasteiger partial charge in [-0.1, -0.05) is 5.11 Å². The number of hydrogen-bond donors (Lipinski definition) is 2. The van der Waals surface area contributed by atoms with Crippen LogP contribution in [0.5, 0.6) is 0 Å². The topological polar surface area (TPSA) is 128 Å². The Morgan fingerprint density at radius 1 is 1.24 bits per heavy atom. The summed E-state index contributed by atoms with van der Waals surface area (Å²) in [6.45, 7) is 11.4. The first-order valence-electron chi connectivity index (χ1n) is 8.37. The number of amides is 2. The van der Waals surface area contributed by atoms with Crippen molar-refractivity contribution in [1.82, 2.24) is 10.2 Å². The van der Waals surface area contributed by atoms with E-state index < -0.39 is 23.3 Å². The fourth-order valence-electron chi connectivity index (χ4n) is 2.20. The van der Waals surface area contributed by atoms with Gasteiger partial charge in [-0.15, -0.1) is 0 Å². The smallest absolute Gasteiger partial charge is 0.407 e. The molecule has 0 saturated carbocycles. The van der Waals surface area contributed by atoms with E-state index >= 15 is 0 Å². The number of carbonyl (C=O) groups excluding carboxylic acids is 1. The van der Waals surface area contributed by atoms with Crippen LogP contribution in [0.4, 0.5) is 9.59 Å². The van der Waals surface area contributed by atoms with Crippen LogP contribution in [0.1, 0.15) is 60.8 Å². The largest absolute Gasteiger partial charge is 0.465 e. The summed E-state index contributed by atoms with van der Waals surface area (Å²) in [6.07, 6.45) is 0.376. The molecule has 0 fully saturated rings. The minimum absolute atomic E-state index is 0.123. The SMILES string of the molecule is CC(C)(C)OC(=O)N[C@@H](CCCCN(C(=O)O)C(C)(C)C)CN=[N+]=[N-]. The van der Waals surface area contributed by atoms with E-state index in [1.54, 1.807) is 20.8 Å². The van der Waals surface area contributed by atoms with Gasteiger partial charge in [0.15, 0.2) is 0 Å². The van der Waals surface area contributed by atoms with Gasteiger partial charge in [-0.3, -0.25) is 0 Å². The van der Waals surface area contributed by atoms with Crippen LogP contribution in [-0.2, 0) is 4.74 Å². The van der Waals surface area contributed by atoms with Crippen molar-refractivity contribution in [3.8, 4) is 0 Å². The van der Waals surface area contributed by atoms with E-state index in [1.807, 2.05) is 20.8 Å². The lowest BCUT2D eigenvalue weighted by molar-refractivity contribution is 0.0503. The zero-order chi connectivity index (χ0) is 19.7. The van der Waals surface area contributed by atoms with Gasteiger partial charge in [0.05, 0.1) is 0 Å². The predicted molar refractivity (Wildman–Crippen MR) is 95.5 cm³/mol. The normalized spacial score (nSPS) is 12.7. The Kier molecular flexibility index (Phi) is 9.12. The molecule has 2 N–H and O–H groups in total. The van der Waals surface area contributed by atoms with Crippen LogP contribution in [0.2, 0.25) is 0 Å². The summed E-state index contributed by atoms with van der Waals surface area (Å²) in [7, 11) is 0. The predicted octanol–water partition coefficient (Wildman–Crippen LogP) is 4.14. The van der Waals surface area contributed by atoms with Crippen molar-refractivity contribution in [3.63, 3.8) is 0 Å². The summed E-state index contributed by atoms with van der Waals surface area (Å²) in [5.74, 6) is 0. The highest BCUT2D eigenvalue weighted by Crippen LogP contribution is 2.15. The maximum atomic E-state index is 11.8. The number of alkyl carbamates (subject to hydrolysis) is 1. The van der Waals surface area contributed by atoms with Gasteiger partial charge < -0.3 is 20.1 Å². The highest BCUT2D eigenvalue weighted by Gasteiger charge is 2.25. The van der Waals surface area contributed by atoms with E-state index in [9.17, 15) is 14.7 Å². The van der Waals surface area contributed by atoms with Crippen LogP contribution < -0.4 is 5.32 Å². The second-order valence-electron chi connectivity index (χ2n) is 7.86. The number of nitrogens with zero attached hydrogens (tertiary/aromatic N) is 4. The molecular formula is C16H31N5O4. The number of azide groups is 1. The fraction of sp³-hybridized carbons (Fsp3) is 0.875. The lowest BCUT2D eigenvalue weighted by Gasteiger charge is -2.33. The van der Waals surface area contributed by atoms with Crippen molar-refractivity contribution in [3.05, 3.63) is 10.4 Å². The number of hydrogen-bond acceptors (Lipinski definition) is 4. The van der Waals surface area contributed by atoms with Crippen LogP contribution in [0.15, 0.2) is 5.11 Å². The Balaban J connectivity index is 4.51. The highest BCUT2D eigenvalue weighted by atomic mass is 16.6. The van der Waals surface area contributed by atoms with E-state index in [0.717, 1.165) is 0 Å². The van der Waals surface area contributed by atoms with Crippen molar-refractivity contribution in [1.29, 1.82) is 0 Å². The zero-order valence-electron chi connectivity index (χ0n) is 16.1. The molecule has 2 amide bonds. The van der Waals surface area contributed by atoms with Crippen LogP contribution in [0.3, 0.4) is 0 Å². The Morgan fingerprint density at radius 3 is 2.28 bits per heavy atom. The molecule has 0 unspecified atom stereocenters. The average molecular weight is 357 g/mol. The number of nitrogens with one attached hydrogen (secondary N) is 1. The molecule has 0 saturated heterocycles. The van der Waals surface area contributed by atoms with Crippen LogP contribution in [-0.4, -0.2) is 52.5 Å². The first-order valence-corrected chi connectivity index (χ1v) is 8.37. The molecule has 0 aliphatic rings. The molecule has 1 atom stereocenters. The molecule has 9 nitrogen and oxygen atoms in total. The van der Waals surface area contributed by atoms with Crippen molar-refractivity contribution in [2.24, 2.45) is 5.11 Å². The van der Waals surface area contributed by atoms with Gasteiger partial charge in [0.2, 0.25) is 0 Å². The van der Waals surface area contributed by atoms with Crippen LogP contribution in [0.25, 0.3) is 10.4 Å². The second-order valence-corrected chi connectivity index (χ2v) is 7.86. The van der Waals surface area contributed by atoms with E-state index in [4.69, 9.17) is 10.3 Å². The maximum absolute atomic E-state index is 11.8. The molecule has 0 aromatic carbocycles. The lowest BCUT2D eigenvalue weighted by Crippen LogP contribution is -2.45. The van der Waals surface area contributed by atoms with Gasteiger partial charge in [0.1, 0.15) is 5.60 Å². The summed E-state index contributed by atoms with van der Waals surface area (Å²) in [6, 6.07) is -0.348. The maximum Gasteiger partial charge on any atom is 0.407 e. The molecule has 0 spiro atoms. The molecule has 25 heavy (non-hydrogen) atoms. The van der Waals surface area contributed by atoms with Gasteiger partial charge in [0, 0.05) is 29.6 Å². The van der Waals surface area contributed by atoms with Gasteiger partial charge in [-0.05, 0) is 66.3 Å². The first-order chi connectivity index (χ1) is 11.4.